The number of ether oxygens (including phenoxy) is 1. The average Bonchev–Trinajstić information content (AvgIpc) is 2.22. The van der Waals surface area contributed by atoms with Gasteiger partial charge < -0.3 is 9.64 Å². The zero-order valence-electron chi connectivity index (χ0n) is 9.20. The first-order valence-corrected chi connectivity index (χ1v) is 5.35. The van der Waals surface area contributed by atoms with E-state index in [1.165, 1.54) is 0 Å². The van der Waals surface area contributed by atoms with Gasteiger partial charge in [0.05, 0.1) is 12.5 Å². The molecular weight excluding hydrogens is 216 g/mol. The first kappa shape index (κ1) is 14.2. The van der Waals surface area contributed by atoms with Crippen LogP contribution in [0.25, 0.3) is 0 Å². The summed E-state index contributed by atoms with van der Waals surface area (Å²) in [5.41, 5.74) is 0. The number of carbonyl (C=O) groups is 1. The third kappa shape index (κ3) is 6.32. The fraction of sp³-hybridized carbons (Fsp3) is 0.800. The Morgan fingerprint density at radius 3 is 2.73 bits per heavy atom. The van der Waals surface area contributed by atoms with Crippen LogP contribution in [0.2, 0.25) is 0 Å². The molecule has 0 aromatic carbocycles. The van der Waals surface area contributed by atoms with E-state index in [-0.39, 0.29) is 5.91 Å². The molecule has 15 heavy (non-hydrogen) atoms. The predicted molar refractivity (Wildman–Crippen MR) is 58.6 cm³/mol. The van der Waals surface area contributed by atoms with Crippen molar-refractivity contribution in [3.63, 3.8) is 0 Å². The molecule has 5 heteroatoms. The van der Waals surface area contributed by atoms with Crippen molar-refractivity contribution in [2.24, 2.45) is 0 Å². The Labute approximate surface area is 95.8 Å². The van der Waals surface area contributed by atoms with E-state index < -0.39 is 5.38 Å². The van der Waals surface area contributed by atoms with Gasteiger partial charge in [-0.15, -0.1) is 11.6 Å². The average molecular weight is 233 g/mol. The summed E-state index contributed by atoms with van der Waals surface area (Å²) in [6, 6.07) is 2.01. The number of alkyl halides is 1. The number of hydrogen-bond acceptors (Lipinski definition) is 3. The lowest BCUT2D eigenvalue weighted by atomic mass is 10.3. The van der Waals surface area contributed by atoms with E-state index in [4.69, 9.17) is 21.6 Å². The van der Waals surface area contributed by atoms with E-state index in [1.807, 2.05) is 6.07 Å². The minimum Gasteiger partial charge on any atom is -0.385 e. The number of amides is 1. The zero-order chi connectivity index (χ0) is 11.7. The van der Waals surface area contributed by atoms with E-state index in [1.54, 1.807) is 18.9 Å². The van der Waals surface area contributed by atoms with Gasteiger partial charge in [-0.05, 0) is 13.3 Å². The third-order valence-electron chi connectivity index (χ3n) is 1.92. The maximum Gasteiger partial charge on any atom is 0.240 e. The van der Waals surface area contributed by atoms with E-state index >= 15 is 0 Å². The van der Waals surface area contributed by atoms with Crippen molar-refractivity contribution in [1.82, 2.24) is 4.90 Å². The zero-order valence-corrected chi connectivity index (χ0v) is 9.96. The molecule has 0 saturated carbocycles. The number of halogens is 1. The van der Waals surface area contributed by atoms with Gasteiger partial charge in [-0.2, -0.15) is 5.26 Å². The van der Waals surface area contributed by atoms with Gasteiger partial charge in [0.15, 0.2) is 0 Å². The molecule has 0 spiro atoms. The summed E-state index contributed by atoms with van der Waals surface area (Å²) in [5.74, 6) is -0.122. The van der Waals surface area contributed by atoms with Crippen LogP contribution in [0.1, 0.15) is 19.8 Å². The Morgan fingerprint density at radius 1 is 1.60 bits per heavy atom. The van der Waals surface area contributed by atoms with Crippen molar-refractivity contribution in [1.29, 1.82) is 5.26 Å². The summed E-state index contributed by atoms with van der Waals surface area (Å²) < 4.78 is 4.90. The van der Waals surface area contributed by atoms with Crippen LogP contribution in [0, 0.1) is 11.3 Å². The molecule has 0 aliphatic heterocycles. The molecular formula is C10H17ClN2O2. The van der Waals surface area contributed by atoms with E-state index in [9.17, 15) is 4.79 Å². The standard InChI is InChI=1S/C10H17ClN2O2/c1-9(11)10(14)13(6-3-5-12)7-4-8-15-2/h9H,3-4,6-8H2,1-2H3. The molecule has 1 atom stereocenters. The number of rotatable bonds is 7. The smallest absolute Gasteiger partial charge is 0.240 e. The highest BCUT2D eigenvalue weighted by atomic mass is 35.5. The second-order valence-electron chi connectivity index (χ2n) is 3.20. The lowest BCUT2D eigenvalue weighted by Crippen LogP contribution is -2.37. The second kappa shape index (κ2) is 8.51. The summed E-state index contributed by atoms with van der Waals surface area (Å²) in [6.45, 7) is 3.27. The highest BCUT2D eigenvalue weighted by Gasteiger charge is 2.17. The largest absolute Gasteiger partial charge is 0.385 e. The van der Waals surface area contributed by atoms with Crippen LogP contribution >= 0.6 is 11.6 Å². The minimum atomic E-state index is -0.536. The van der Waals surface area contributed by atoms with Crippen LogP contribution in [0.4, 0.5) is 0 Å². The fourth-order valence-electron chi connectivity index (χ4n) is 1.17. The molecule has 0 N–H and O–H groups in total. The Bertz CT molecular complexity index is 226. The number of nitriles is 1. The lowest BCUT2D eigenvalue weighted by molar-refractivity contribution is -0.130. The lowest BCUT2D eigenvalue weighted by Gasteiger charge is -2.22. The molecule has 0 aromatic heterocycles. The van der Waals surface area contributed by atoms with Crippen molar-refractivity contribution >= 4 is 17.5 Å². The molecule has 86 valence electrons. The van der Waals surface area contributed by atoms with Gasteiger partial charge in [0.25, 0.3) is 0 Å². The van der Waals surface area contributed by atoms with E-state index in [0.29, 0.717) is 26.1 Å². The third-order valence-corrected chi connectivity index (χ3v) is 2.11. The number of nitrogens with zero attached hydrogens (tertiary/aromatic N) is 2. The summed E-state index contributed by atoms with van der Waals surface area (Å²) >= 11 is 5.71. The molecule has 0 aromatic rings. The topological polar surface area (TPSA) is 53.3 Å². The molecule has 0 aliphatic carbocycles. The van der Waals surface area contributed by atoms with Crippen molar-refractivity contribution in [3.8, 4) is 6.07 Å². The van der Waals surface area contributed by atoms with Crippen molar-refractivity contribution in [2.45, 2.75) is 25.1 Å². The minimum absolute atomic E-state index is 0.122. The molecule has 0 radical (unpaired) electrons. The summed E-state index contributed by atoms with van der Waals surface area (Å²) in [7, 11) is 1.62. The molecule has 1 unspecified atom stereocenters. The SMILES string of the molecule is COCCCN(CCC#N)C(=O)C(C)Cl. The number of methoxy groups -OCH3 is 1. The Morgan fingerprint density at radius 2 is 2.27 bits per heavy atom. The maximum atomic E-state index is 11.6. The second-order valence-corrected chi connectivity index (χ2v) is 3.85. The molecule has 4 nitrogen and oxygen atoms in total. The van der Waals surface area contributed by atoms with Gasteiger partial charge in [0.2, 0.25) is 5.91 Å². The summed E-state index contributed by atoms with van der Waals surface area (Å²) in [6.07, 6.45) is 1.10. The van der Waals surface area contributed by atoms with Gasteiger partial charge in [-0.25, -0.2) is 0 Å². The monoisotopic (exact) mass is 232 g/mol. The summed E-state index contributed by atoms with van der Waals surface area (Å²) in [5, 5.41) is 7.93. The van der Waals surface area contributed by atoms with E-state index in [2.05, 4.69) is 0 Å². The molecule has 0 bridgehead atoms. The first-order valence-electron chi connectivity index (χ1n) is 4.92. The molecule has 0 heterocycles. The summed E-state index contributed by atoms with van der Waals surface area (Å²) in [4.78, 5) is 13.2. The van der Waals surface area contributed by atoms with Crippen LogP contribution in [0.5, 0.6) is 0 Å². The number of hydrogen-bond donors (Lipinski definition) is 0. The van der Waals surface area contributed by atoms with Crippen molar-refractivity contribution < 1.29 is 9.53 Å². The van der Waals surface area contributed by atoms with Gasteiger partial charge in [0, 0.05) is 26.8 Å². The fourth-order valence-corrected chi connectivity index (χ4v) is 1.31. The molecule has 0 aliphatic rings. The van der Waals surface area contributed by atoms with Gasteiger partial charge in [0.1, 0.15) is 5.38 Å². The maximum absolute atomic E-state index is 11.6. The van der Waals surface area contributed by atoms with Gasteiger partial charge in [-0.1, -0.05) is 0 Å². The van der Waals surface area contributed by atoms with Crippen LogP contribution in [-0.4, -0.2) is 43.0 Å². The molecule has 1 amide bonds. The molecule has 0 fully saturated rings. The predicted octanol–water partition coefficient (Wildman–Crippen LogP) is 1.39. The quantitative estimate of drug-likeness (QED) is 0.493. The van der Waals surface area contributed by atoms with E-state index in [0.717, 1.165) is 6.42 Å². The van der Waals surface area contributed by atoms with Gasteiger partial charge in [-0.3, -0.25) is 4.79 Å². The highest BCUT2D eigenvalue weighted by Crippen LogP contribution is 2.03. The van der Waals surface area contributed by atoms with Gasteiger partial charge >= 0.3 is 0 Å². The normalized spacial score (nSPS) is 11.9. The van der Waals surface area contributed by atoms with Crippen molar-refractivity contribution in [2.75, 3.05) is 26.8 Å². The van der Waals surface area contributed by atoms with Crippen LogP contribution < -0.4 is 0 Å². The van der Waals surface area contributed by atoms with Crippen molar-refractivity contribution in [3.05, 3.63) is 0 Å². The van der Waals surface area contributed by atoms with Crippen LogP contribution in [0.3, 0.4) is 0 Å². The molecule has 0 rings (SSSR count). The highest BCUT2D eigenvalue weighted by molar-refractivity contribution is 6.30. The van der Waals surface area contributed by atoms with Crippen LogP contribution in [0.15, 0.2) is 0 Å². The Kier molecular flexibility index (Phi) is 8.06. The Balaban J connectivity index is 4.06. The van der Waals surface area contributed by atoms with Crippen LogP contribution in [-0.2, 0) is 9.53 Å². The molecule has 0 saturated heterocycles. The number of carbonyl (C=O) groups excluding carboxylic acids is 1. The first-order chi connectivity index (χ1) is 7.13. The Hall–Kier alpha value is -0.790.